The summed E-state index contributed by atoms with van der Waals surface area (Å²) in [5.41, 5.74) is 0.912. The molecule has 0 radical (unpaired) electrons. The number of hydrogen-bond donors (Lipinski definition) is 0. The fourth-order valence-corrected chi connectivity index (χ4v) is 0.887. The number of halogens is 1. The molecular formula is C10H11FO2. The number of carbonyl (C=O) groups is 1. The van der Waals surface area contributed by atoms with E-state index in [1.54, 1.807) is 0 Å². The molecule has 1 aromatic rings. The molecule has 0 fully saturated rings. The van der Waals surface area contributed by atoms with Crippen molar-refractivity contribution in [1.82, 2.24) is 0 Å². The molecule has 0 N–H and O–H groups in total. The largest absolute Gasteiger partial charge is 0.461 e. The summed E-state index contributed by atoms with van der Waals surface area (Å²) in [7, 11) is 0. The molecule has 0 aliphatic heterocycles. The van der Waals surface area contributed by atoms with Gasteiger partial charge in [-0.2, -0.15) is 0 Å². The Labute approximate surface area is 76.3 Å². The molecule has 0 heterocycles. The van der Waals surface area contributed by atoms with Gasteiger partial charge in [0, 0.05) is 0 Å². The zero-order chi connectivity index (χ0) is 9.52. The van der Waals surface area contributed by atoms with Crippen molar-refractivity contribution in [3.63, 3.8) is 0 Å². The van der Waals surface area contributed by atoms with E-state index >= 15 is 0 Å². The Morgan fingerprint density at radius 1 is 1.31 bits per heavy atom. The van der Waals surface area contributed by atoms with Crippen LogP contribution in [-0.2, 0) is 16.1 Å². The Hall–Kier alpha value is -1.38. The molecule has 1 aromatic carbocycles. The normalized spacial score (nSPS) is 9.62. The van der Waals surface area contributed by atoms with Gasteiger partial charge in [0.15, 0.2) is 0 Å². The monoisotopic (exact) mass is 182 g/mol. The third-order valence-corrected chi connectivity index (χ3v) is 1.54. The average Bonchev–Trinajstić information content (AvgIpc) is 2.17. The molecule has 13 heavy (non-hydrogen) atoms. The van der Waals surface area contributed by atoms with Crippen LogP contribution < -0.4 is 0 Å². The van der Waals surface area contributed by atoms with Crippen molar-refractivity contribution in [2.45, 2.75) is 13.0 Å². The van der Waals surface area contributed by atoms with Crippen LogP contribution in [0.15, 0.2) is 30.3 Å². The van der Waals surface area contributed by atoms with E-state index in [0.717, 1.165) is 5.56 Å². The second-order valence-electron chi connectivity index (χ2n) is 2.59. The Balaban J connectivity index is 2.31. The Bertz CT molecular complexity index is 259. The summed E-state index contributed by atoms with van der Waals surface area (Å²) < 4.78 is 16.5. The van der Waals surface area contributed by atoms with Crippen molar-refractivity contribution in [1.29, 1.82) is 0 Å². The molecular weight excluding hydrogens is 171 g/mol. The lowest BCUT2D eigenvalue weighted by molar-refractivity contribution is -0.145. The van der Waals surface area contributed by atoms with Crippen LogP contribution in [0.5, 0.6) is 0 Å². The predicted octanol–water partition coefficient (Wildman–Crippen LogP) is 2.09. The SMILES string of the molecule is O=C(CCF)OCc1ccccc1. The lowest BCUT2D eigenvalue weighted by Gasteiger charge is -2.02. The van der Waals surface area contributed by atoms with Crippen LogP contribution in [0.3, 0.4) is 0 Å². The van der Waals surface area contributed by atoms with E-state index in [9.17, 15) is 9.18 Å². The number of alkyl halides is 1. The van der Waals surface area contributed by atoms with Crippen molar-refractivity contribution in [2.75, 3.05) is 6.67 Å². The van der Waals surface area contributed by atoms with E-state index in [0.29, 0.717) is 0 Å². The maximum absolute atomic E-state index is 11.7. The molecule has 0 saturated carbocycles. The Kier molecular flexibility index (Phi) is 3.96. The minimum absolute atomic E-state index is 0.160. The van der Waals surface area contributed by atoms with Crippen molar-refractivity contribution in [3.05, 3.63) is 35.9 Å². The van der Waals surface area contributed by atoms with Gasteiger partial charge in [0.1, 0.15) is 6.61 Å². The van der Waals surface area contributed by atoms with Gasteiger partial charge in [-0.1, -0.05) is 30.3 Å². The minimum Gasteiger partial charge on any atom is -0.461 e. The summed E-state index contributed by atoms with van der Waals surface area (Å²) in [6.07, 6.45) is -0.160. The van der Waals surface area contributed by atoms with E-state index < -0.39 is 12.6 Å². The maximum atomic E-state index is 11.7. The standard InChI is InChI=1S/C10H11FO2/c11-7-6-10(12)13-8-9-4-2-1-3-5-9/h1-5H,6-8H2. The van der Waals surface area contributed by atoms with Gasteiger partial charge in [0.25, 0.3) is 0 Å². The highest BCUT2D eigenvalue weighted by molar-refractivity contribution is 5.69. The van der Waals surface area contributed by atoms with Crippen LogP contribution in [-0.4, -0.2) is 12.6 Å². The van der Waals surface area contributed by atoms with Crippen LogP contribution in [0.4, 0.5) is 4.39 Å². The van der Waals surface area contributed by atoms with E-state index in [-0.39, 0.29) is 13.0 Å². The molecule has 0 aliphatic rings. The van der Waals surface area contributed by atoms with Crippen molar-refractivity contribution in [3.8, 4) is 0 Å². The molecule has 0 atom stereocenters. The van der Waals surface area contributed by atoms with Crippen LogP contribution >= 0.6 is 0 Å². The third kappa shape index (κ3) is 3.69. The second kappa shape index (κ2) is 5.30. The molecule has 0 aromatic heterocycles. The quantitative estimate of drug-likeness (QED) is 0.666. The number of rotatable bonds is 4. The van der Waals surface area contributed by atoms with Crippen LogP contribution in [0.25, 0.3) is 0 Å². The van der Waals surface area contributed by atoms with Crippen LogP contribution in [0.1, 0.15) is 12.0 Å². The van der Waals surface area contributed by atoms with Crippen molar-refractivity contribution < 1.29 is 13.9 Å². The molecule has 0 saturated heterocycles. The first kappa shape index (κ1) is 9.71. The van der Waals surface area contributed by atoms with Gasteiger partial charge in [0.05, 0.1) is 13.1 Å². The van der Waals surface area contributed by atoms with Crippen LogP contribution in [0.2, 0.25) is 0 Å². The second-order valence-corrected chi connectivity index (χ2v) is 2.59. The van der Waals surface area contributed by atoms with Crippen molar-refractivity contribution >= 4 is 5.97 Å². The zero-order valence-electron chi connectivity index (χ0n) is 7.20. The zero-order valence-corrected chi connectivity index (χ0v) is 7.20. The van der Waals surface area contributed by atoms with Crippen LogP contribution in [0, 0.1) is 0 Å². The lowest BCUT2D eigenvalue weighted by Crippen LogP contribution is -2.04. The topological polar surface area (TPSA) is 26.3 Å². The number of ether oxygens (including phenoxy) is 1. The summed E-state index contributed by atoms with van der Waals surface area (Å²) in [5.74, 6) is -0.494. The Morgan fingerprint density at radius 2 is 2.00 bits per heavy atom. The fraction of sp³-hybridized carbons (Fsp3) is 0.300. The van der Waals surface area contributed by atoms with E-state index in [2.05, 4.69) is 0 Å². The molecule has 70 valence electrons. The molecule has 0 bridgehead atoms. The summed E-state index contributed by atoms with van der Waals surface area (Å²) in [6, 6.07) is 9.30. The molecule has 0 aliphatic carbocycles. The highest BCUT2D eigenvalue weighted by Crippen LogP contribution is 2.01. The first-order valence-electron chi connectivity index (χ1n) is 4.08. The number of benzene rings is 1. The highest BCUT2D eigenvalue weighted by atomic mass is 19.1. The van der Waals surface area contributed by atoms with Gasteiger partial charge in [-0.3, -0.25) is 9.18 Å². The first-order chi connectivity index (χ1) is 6.33. The van der Waals surface area contributed by atoms with E-state index in [4.69, 9.17) is 4.74 Å². The maximum Gasteiger partial charge on any atom is 0.308 e. The lowest BCUT2D eigenvalue weighted by atomic mass is 10.2. The summed E-state index contributed by atoms with van der Waals surface area (Å²) in [5, 5.41) is 0. The highest BCUT2D eigenvalue weighted by Gasteiger charge is 2.01. The van der Waals surface area contributed by atoms with Gasteiger partial charge in [-0.25, -0.2) is 0 Å². The summed E-state index contributed by atoms with van der Waals surface area (Å²) >= 11 is 0. The summed E-state index contributed by atoms with van der Waals surface area (Å²) in [6.45, 7) is -0.437. The smallest absolute Gasteiger partial charge is 0.308 e. The van der Waals surface area contributed by atoms with Gasteiger partial charge in [-0.15, -0.1) is 0 Å². The average molecular weight is 182 g/mol. The molecule has 0 spiro atoms. The van der Waals surface area contributed by atoms with Gasteiger partial charge in [0.2, 0.25) is 0 Å². The first-order valence-corrected chi connectivity index (χ1v) is 4.08. The molecule has 3 heteroatoms. The van der Waals surface area contributed by atoms with Gasteiger partial charge >= 0.3 is 5.97 Å². The summed E-state index contributed by atoms with van der Waals surface area (Å²) in [4.78, 5) is 10.8. The Morgan fingerprint density at radius 3 is 2.62 bits per heavy atom. The van der Waals surface area contributed by atoms with Gasteiger partial charge < -0.3 is 4.74 Å². The molecule has 0 amide bonds. The van der Waals surface area contributed by atoms with Gasteiger partial charge in [-0.05, 0) is 5.56 Å². The minimum atomic E-state index is -0.659. The fourth-order valence-electron chi connectivity index (χ4n) is 0.887. The number of carbonyl (C=O) groups excluding carboxylic acids is 1. The van der Waals surface area contributed by atoms with E-state index in [1.807, 2.05) is 30.3 Å². The third-order valence-electron chi connectivity index (χ3n) is 1.54. The molecule has 2 nitrogen and oxygen atoms in total. The molecule has 0 unspecified atom stereocenters. The number of esters is 1. The van der Waals surface area contributed by atoms with Crippen molar-refractivity contribution in [2.24, 2.45) is 0 Å². The number of hydrogen-bond acceptors (Lipinski definition) is 2. The van der Waals surface area contributed by atoms with E-state index in [1.165, 1.54) is 0 Å². The molecule has 1 rings (SSSR count). The predicted molar refractivity (Wildman–Crippen MR) is 46.8 cm³/mol.